The molecule has 0 saturated heterocycles. The Bertz CT molecular complexity index is 631. The fourth-order valence-electron chi connectivity index (χ4n) is 3.45. The molecular weight excluding hydrogens is 290 g/mol. The van der Waals surface area contributed by atoms with Gasteiger partial charge in [0, 0.05) is 56.0 Å². The summed E-state index contributed by atoms with van der Waals surface area (Å²) in [5.74, 6) is 1.27. The molecule has 1 aliphatic heterocycles. The molecule has 3 heterocycles. The van der Waals surface area contributed by atoms with E-state index in [1.54, 1.807) is 6.26 Å². The van der Waals surface area contributed by atoms with Crippen molar-refractivity contribution in [3.63, 3.8) is 0 Å². The number of furan rings is 1. The fraction of sp³-hybridized carbons (Fsp3) is 0.611. The Hall–Kier alpha value is -1.59. The molecule has 5 heteroatoms. The van der Waals surface area contributed by atoms with E-state index in [9.17, 15) is 0 Å². The molecule has 0 radical (unpaired) electrons. The number of aromatic nitrogens is 2. The van der Waals surface area contributed by atoms with Gasteiger partial charge in [-0.05, 0) is 31.7 Å². The van der Waals surface area contributed by atoms with Crippen LogP contribution < -0.4 is 0 Å². The van der Waals surface area contributed by atoms with Gasteiger partial charge in [-0.25, -0.2) is 0 Å². The minimum atomic E-state index is 0.415. The molecule has 4 rings (SSSR count). The highest BCUT2D eigenvalue weighted by Gasteiger charge is 2.30. The van der Waals surface area contributed by atoms with E-state index >= 15 is 0 Å². The van der Waals surface area contributed by atoms with Crippen molar-refractivity contribution in [2.75, 3.05) is 19.8 Å². The second-order valence-corrected chi connectivity index (χ2v) is 6.85. The van der Waals surface area contributed by atoms with Gasteiger partial charge in [0.2, 0.25) is 0 Å². The zero-order valence-corrected chi connectivity index (χ0v) is 13.8. The second-order valence-electron chi connectivity index (χ2n) is 6.85. The lowest BCUT2D eigenvalue weighted by Gasteiger charge is -2.31. The van der Waals surface area contributed by atoms with Gasteiger partial charge in [0.25, 0.3) is 0 Å². The molecule has 5 nitrogen and oxygen atoms in total. The molecule has 2 aliphatic rings. The van der Waals surface area contributed by atoms with E-state index in [1.807, 2.05) is 12.3 Å². The van der Waals surface area contributed by atoms with Crippen LogP contribution in [-0.4, -0.2) is 34.4 Å². The third-order valence-electron chi connectivity index (χ3n) is 4.81. The van der Waals surface area contributed by atoms with Crippen LogP contribution >= 0.6 is 0 Å². The number of ether oxygens (including phenoxy) is 1. The summed E-state index contributed by atoms with van der Waals surface area (Å²) in [6.07, 6.45) is 8.57. The third kappa shape index (κ3) is 3.51. The standard InChI is InChI=1S/C18H25N3O2/c1-2-22-13-16-9-20(7-15-5-6-23-12-15)11-18-17(16)10-21(19-18)8-14-3-4-14/h5-6,10,12,14,16H,2-4,7-9,11,13H2,1H3/t16-/m0/s1. The van der Waals surface area contributed by atoms with E-state index in [1.165, 1.54) is 29.7 Å². The van der Waals surface area contributed by atoms with Crippen LogP contribution in [0.5, 0.6) is 0 Å². The molecule has 0 N–H and O–H groups in total. The Kier molecular flexibility index (Phi) is 4.23. The number of hydrogen-bond donors (Lipinski definition) is 0. The van der Waals surface area contributed by atoms with Gasteiger partial charge in [-0.1, -0.05) is 0 Å². The second kappa shape index (κ2) is 6.49. The minimum Gasteiger partial charge on any atom is -0.472 e. The first kappa shape index (κ1) is 15.0. The van der Waals surface area contributed by atoms with Crippen molar-refractivity contribution in [1.29, 1.82) is 0 Å². The number of hydrogen-bond acceptors (Lipinski definition) is 4. The van der Waals surface area contributed by atoms with Crippen molar-refractivity contribution in [3.05, 3.63) is 41.6 Å². The molecule has 2 aromatic rings. The maximum Gasteiger partial charge on any atom is 0.0947 e. The lowest BCUT2D eigenvalue weighted by molar-refractivity contribution is 0.105. The van der Waals surface area contributed by atoms with Crippen molar-refractivity contribution >= 4 is 0 Å². The van der Waals surface area contributed by atoms with Crippen LogP contribution in [0.4, 0.5) is 0 Å². The van der Waals surface area contributed by atoms with Crippen LogP contribution in [0.25, 0.3) is 0 Å². The van der Waals surface area contributed by atoms with Crippen LogP contribution in [0.2, 0.25) is 0 Å². The molecule has 0 aromatic carbocycles. The summed E-state index contributed by atoms with van der Waals surface area (Å²) in [6.45, 7) is 7.53. The van der Waals surface area contributed by atoms with Gasteiger partial charge >= 0.3 is 0 Å². The van der Waals surface area contributed by atoms with Crippen LogP contribution in [-0.2, 0) is 24.4 Å². The van der Waals surface area contributed by atoms with Gasteiger partial charge in [0.15, 0.2) is 0 Å². The molecule has 2 aromatic heterocycles. The van der Waals surface area contributed by atoms with E-state index in [-0.39, 0.29) is 0 Å². The topological polar surface area (TPSA) is 43.4 Å². The van der Waals surface area contributed by atoms with Gasteiger partial charge in [0.1, 0.15) is 0 Å². The molecule has 1 fully saturated rings. The lowest BCUT2D eigenvalue weighted by atomic mass is 9.95. The highest BCUT2D eigenvalue weighted by molar-refractivity contribution is 5.26. The van der Waals surface area contributed by atoms with Crippen LogP contribution in [0.15, 0.2) is 29.2 Å². The maximum atomic E-state index is 5.73. The van der Waals surface area contributed by atoms with Crippen molar-refractivity contribution < 1.29 is 9.15 Å². The summed E-state index contributed by atoms with van der Waals surface area (Å²) >= 11 is 0. The van der Waals surface area contributed by atoms with E-state index in [0.717, 1.165) is 45.3 Å². The Morgan fingerprint density at radius 2 is 2.30 bits per heavy atom. The minimum absolute atomic E-state index is 0.415. The predicted octanol–water partition coefficient (Wildman–Crippen LogP) is 3.02. The smallest absolute Gasteiger partial charge is 0.0947 e. The average molecular weight is 315 g/mol. The number of nitrogens with zero attached hydrogens (tertiary/aromatic N) is 3. The van der Waals surface area contributed by atoms with Crippen molar-refractivity contribution in [2.24, 2.45) is 5.92 Å². The summed E-state index contributed by atoms with van der Waals surface area (Å²) in [6, 6.07) is 2.04. The molecule has 1 atom stereocenters. The van der Waals surface area contributed by atoms with E-state index < -0.39 is 0 Å². The van der Waals surface area contributed by atoms with E-state index in [0.29, 0.717) is 5.92 Å². The molecule has 0 bridgehead atoms. The summed E-state index contributed by atoms with van der Waals surface area (Å²) < 4.78 is 13.1. The van der Waals surface area contributed by atoms with Gasteiger partial charge in [-0.2, -0.15) is 5.10 Å². The van der Waals surface area contributed by atoms with Gasteiger partial charge < -0.3 is 9.15 Å². The molecular formula is C18H25N3O2. The molecule has 124 valence electrons. The Morgan fingerprint density at radius 3 is 3.04 bits per heavy atom. The van der Waals surface area contributed by atoms with Crippen LogP contribution in [0, 0.1) is 5.92 Å². The summed E-state index contributed by atoms with van der Waals surface area (Å²) in [5, 5.41) is 4.86. The van der Waals surface area contributed by atoms with E-state index in [2.05, 4.69) is 22.7 Å². The Balaban J connectivity index is 1.51. The van der Waals surface area contributed by atoms with Crippen LogP contribution in [0.3, 0.4) is 0 Å². The summed E-state index contributed by atoms with van der Waals surface area (Å²) in [4.78, 5) is 2.45. The van der Waals surface area contributed by atoms with Gasteiger partial charge in [0.05, 0.1) is 24.8 Å². The predicted molar refractivity (Wildman–Crippen MR) is 87.0 cm³/mol. The van der Waals surface area contributed by atoms with E-state index in [4.69, 9.17) is 14.3 Å². The lowest BCUT2D eigenvalue weighted by Crippen LogP contribution is -2.34. The Morgan fingerprint density at radius 1 is 1.39 bits per heavy atom. The van der Waals surface area contributed by atoms with Crippen LogP contribution in [0.1, 0.15) is 42.5 Å². The van der Waals surface area contributed by atoms with Crippen molar-refractivity contribution in [1.82, 2.24) is 14.7 Å². The van der Waals surface area contributed by atoms with Gasteiger partial charge in [-0.3, -0.25) is 9.58 Å². The first-order valence-electron chi connectivity index (χ1n) is 8.69. The molecule has 1 aliphatic carbocycles. The maximum absolute atomic E-state index is 5.73. The monoisotopic (exact) mass is 315 g/mol. The summed E-state index contributed by atoms with van der Waals surface area (Å²) in [7, 11) is 0. The number of fused-ring (bicyclic) bond motifs is 1. The molecule has 0 spiro atoms. The quantitative estimate of drug-likeness (QED) is 0.788. The highest BCUT2D eigenvalue weighted by atomic mass is 16.5. The largest absolute Gasteiger partial charge is 0.472 e. The molecule has 0 unspecified atom stereocenters. The molecule has 0 amide bonds. The fourth-order valence-corrected chi connectivity index (χ4v) is 3.45. The SMILES string of the molecule is CCOC[C@@H]1CN(Cc2ccoc2)Cc2nn(CC3CC3)cc21. The first-order valence-corrected chi connectivity index (χ1v) is 8.69. The summed E-state index contributed by atoms with van der Waals surface area (Å²) in [5.41, 5.74) is 3.84. The van der Waals surface area contributed by atoms with Gasteiger partial charge in [-0.15, -0.1) is 0 Å². The first-order chi connectivity index (χ1) is 11.3. The third-order valence-corrected chi connectivity index (χ3v) is 4.81. The normalized spacial score (nSPS) is 21.5. The number of rotatable bonds is 7. The average Bonchev–Trinajstić information content (AvgIpc) is 3.04. The highest BCUT2D eigenvalue weighted by Crippen LogP contribution is 2.33. The zero-order valence-electron chi connectivity index (χ0n) is 13.8. The molecule has 1 saturated carbocycles. The molecule has 23 heavy (non-hydrogen) atoms. The zero-order chi connectivity index (χ0) is 15.6. The van der Waals surface area contributed by atoms with Crippen molar-refractivity contribution in [3.8, 4) is 0 Å². The Labute approximate surface area is 137 Å². The van der Waals surface area contributed by atoms with Crippen molar-refractivity contribution in [2.45, 2.75) is 45.3 Å².